The van der Waals surface area contributed by atoms with Gasteiger partial charge in [0.05, 0.1) is 18.6 Å². The average Bonchev–Trinajstić information content (AvgIpc) is 2.29. The molecule has 7 heteroatoms. The number of halogens is 1. The predicted octanol–water partition coefficient (Wildman–Crippen LogP) is 1.71. The number of nitrogen functional groups attached to an aromatic ring is 1. The molecule has 3 N–H and O–H groups in total. The lowest BCUT2D eigenvalue weighted by molar-refractivity contribution is 0.457. The van der Waals surface area contributed by atoms with Crippen molar-refractivity contribution in [2.45, 2.75) is 0 Å². The molecule has 2 aromatic rings. The molecule has 0 fully saturated rings. The summed E-state index contributed by atoms with van der Waals surface area (Å²) in [5.74, 6) is 0.729. The van der Waals surface area contributed by atoms with E-state index in [1.807, 2.05) is 0 Å². The number of nitrogens with one attached hydrogen (secondary N) is 1. The number of nitrogens with two attached hydrogens (primary N) is 1. The van der Waals surface area contributed by atoms with Crippen LogP contribution in [0.3, 0.4) is 0 Å². The molecule has 6 nitrogen and oxygen atoms in total. The van der Waals surface area contributed by atoms with Crippen molar-refractivity contribution in [3.8, 4) is 11.6 Å². The van der Waals surface area contributed by atoms with Gasteiger partial charge in [0.15, 0.2) is 0 Å². The summed E-state index contributed by atoms with van der Waals surface area (Å²) in [6.45, 7) is 0. The summed E-state index contributed by atoms with van der Waals surface area (Å²) >= 11 is 3.28. The van der Waals surface area contributed by atoms with Gasteiger partial charge in [-0.25, -0.2) is 9.97 Å². The van der Waals surface area contributed by atoms with Gasteiger partial charge in [-0.2, -0.15) is 0 Å². The van der Waals surface area contributed by atoms with Crippen LogP contribution in [0.2, 0.25) is 0 Å². The van der Waals surface area contributed by atoms with Gasteiger partial charge in [-0.3, -0.25) is 10.4 Å². The van der Waals surface area contributed by atoms with E-state index in [0.29, 0.717) is 17.3 Å². The summed E-state index contributed by atoms with van der Waals surface area (Å²) in [6, 6.07) is 1.76. The maximum absolute atomic E-state index is 7.17. The molecule has 17 heavy (non-hydrogen) atoms. The van der Waals surface area contributed by atoms with Gasteiger partial charge >= 0.3 is 0 Å². The molecule has 0 bridgehead atoms. The standard InChI is InChI=1S/C10H8BrN5O/c11-6-1-7(3-14-2-6)17-9-5-15-8(4-16-9)10(12)13/h1-5H,(H3,12,13). The molecule has 86 valence electrons. The Labute approximate surface area is 106 Å². The smallest absolute Gasteiger partial charge is 0.237 e. The van der Waals surface area contributed by atoms with Crippen LogP contribution in [0, 0.1) is 5.41 Å². The van der Waals surface area contributed by atoms with Crippen molar-refractivity contribution in [2.24, 2.45) is 5.73 Å². The first-order valence-corrected chi connectivity index (χ1v) is 5.39. The number of pyridine rings is 1. The fraction of sp³-hybridized carbons (Fsp3) is 0. The number of aromatic nitrogens is 3. The summed E-state index contributed by atoms with van der Waals surface area (Å²) in [5, 5.41) is 7.17. The van der Waals surface area contributed by atoms with E-state index in [4.69, 9.17) is 15.9 Å². The van der Waals surface area contributed by atoms with Gasteiger partial charge in [0.25, 0.3) is 0 Å². The second kappa shape index (κ2) is 4.88. The van der Waals surface area contributed by atoms with Gasteiger partial charge in [0.1, 0.15) is 17.3 Å². The molecule has 2 aromatic heterocycles. The van der Waals surface area contributed by atoms with Crippen molar-refractivity contribution >= 4 is 21.8 Å². The van der Waals surface area contributed by atoms with Crippen molar-refractivity contribution in [3.63, 3.8) is 0 Å². The van der Waals surface area contributed by atoms with E-state index in [2.05, 4.69) is 30.9 Å². The SMILES string of the molecule is N=C(N)c1cnc(Oc2cncc(Br)c2)cn1. The molecule has 0 saturated carbocycles. The average molecular weight is 294 g/mol. The quantitative estimate of drug-likeness (QED) is 0.663. The Kier molecular flexibility index (Phi) is 3.29. The van der Waals surface area contributed by atoms with Gasteiger partial charge in [-0.05, 0) is 22.0 Å². The van der Waals surface area contributed by atoms with Crippen LogP contribution in [-0.2, 0) is 0 Å². The highest BCUT2D eigenvalue weighted by molar-refractivity contribution is 9.10. The minimum atomic E-state index is -0.131. The zero-order chi connectivity index (χ0) is 12.3. The Morgan fingerprint density at radius 3 is 2.65 bits per heavy atom. The van der Waals surface area contributed by atoms with Crippen LogP contribution < -0.4 is 10.5 Å². The van der Waals surface area contributed by atoms with Crippen LogP contribution in [0.25, 0.3) is 0 Å². The molecular weight excluding hydrogens is 286 g/mol. The Bertz CT molecular complexity index is 543. The third kappa shape index (κ3) is 2.97. The van der Waals surface area contributed by atoms with Gasteiger partial charge in [-0.15, -0.1) is 0 Å². The molecule has 0 spiro atoms. The van der Waals surface area contributed by atoms with E-state index in [1.165, 1.54) is 12.4 Å². The molecule has 0 atom stereocenters. The number of nitrogens with zero attached hydrogens (tertiary/aromatic N) is 3. The van der Waals surface area contributed by atoms with E-state index in [0.717, 1.165) is 4.47 Å². The van der Waals surface area contributed by atoms with Crippen LogP contribution in [0.1, 0.15) is 5.69 Å². The van der Waals surface area contributed by atoms with E-state index in [1.54, 1.807) is 18.5 Å². The molecular formula is C10H8BrN5O. The topological polar surface area (TPSA) is 97.8 Å². The van der Waals surface area contributed by atoms with E-state index < -0.39 is 0 Å². The lowest BCUT2D eigenvalue weighted by Crippen LogP contribution is -2.13. The van der Waals surface area contributed by atoms with Gasteiger partial charge < -0.3 is 10.5 Å². The monoisotopic (exact) mass is 293 g/mol. The van der Waals surface area contributed by atoms with Crippen molar-refractivity contribution in [1.29, 1.82) is 5.41 Å². The first-order chi connectivity index (χ1) is 8.15. The third-order valence-corrected chi connectivity index (χ3v) is 2.24. The molecule has 0 aliphatic rings. The fourth-order valence-corrected chi connectivity index (χ4v) is 1.42. The third-order valence-electron chi connectivity index (χ3n) is 1.81. The molecule has 0 aliphatic carbocycles. The lowest BCUT2D eigenvalue weighted by Gasteiger charge is -2.04. The Morgan fingerprint density at radius 2 is 2.06 bits per heavy atom. The summed E-state index contributed by atoms with van der Waals surface area (Å²) in [7, 11) is 0. The van der Waals surface area contributed by atoms with E-state index in [-0.39, 0.29) is 5.84 Å². The fourth-order valence-electron chi connectivity index (χ4n) is 1.08. The summed E-state index contributed by atoms with van der Waals surface area (Å²) in [5.41, 5.74) is 5.57. The number of amidine groups is 1. The zero-order valence-electron chi connectivity index (χ0n) is 8.59. The van der Waals surface area contributed by atoms with Gasteiger partial charge in [0.2, 0.25) is 5.88 Å². The molecule has 0 saturated heterocycles. The van der Waals surface area contributed by atoms with Crippen LogP contribution in [-0.4, -0.2) is 20.8 Å². The van der Waals surface area contributed by atoms with Gasteiger partial charge in [-0.1, -0.05) is 0 Å². The minimum Gasteiger partial charge on any atom is -0.436 e. The number of hydrogen-bond donors (Lipinski definition) is 2. The van der Waals surface area contributed by atoms with Crippen LogP contribution in [0.5, 0.6) is 11.6 Å². The molecule has 0 unspecified atom stereocenters. The highest BCUT2D eigenvalue weighted by Gasteiger charge is 2.02. The minimum absolute atomic E-state index is 0.131. The van der Waals surface area contributed by atoms with Crippen LogP contribution in [0.4, 0.5) is 0 Å². The summed E-state index contributed by atoms with van der Waals surface area (Å²) < 4.78 is 6.23. The molecule has 0 aromatic carbocycles. The zero-order valence-corrected chi connectivity index (χ0v) is 10.2. The molecule has 0 amide bonds. The highest BCUT2D eigenvalue weighted by atomic mass is 79.9. The lowest BCUT2D eigenvalue weighted by atomic mass is 10.4. The van der Waals surface area contributed by atoms with Crippen molar-refractivity contribution in [2.75, 3.05) is 0 Å². The van der Waals surface area contributed by atoms with Crippen LogP contribution in [0.15, 0.2) is 35.3 Å². The second-order valence-electron chi connectivity index (χ2n) is 3.09. The maximum Gasteiger partial charge on any atom is 0.237 e. The van der Waals surface area contributed by atoms with E-state index in [9.17, 15) is 0 Å². The van der Waals surface area contributed by atoms with Crippen molar-refractivity contribution in [1.82, 2.24) is 15.0 Å². The Morgan fingerprint density at radius 1 is 1.24 bits per heavy atom. The Balaban J connectivity index is 2.16. The van der Waals surface area contributed by atoms with E-state index >= 15 is 0 Å². The Hall–Kier alpha value is -2.02. The first kappa shape index (κ1) is 11.5. The predicted molar refractivity (Wildman–Crippen MR) is 65.1 cm³/mol. The largest absolute Gasteiger partial charge is 0.436 e. The summed E-state index contributed by atoms with van der Waals surface area (Å²) in [4.78, 5) is 11.9. The number of ether oxygens (including phenoxy) is 1. The first-order valence-electron chi connectivity index (χ1n) is 4.60. The van der Waals surface area contributed by atoms with Crippen LogP contribution >= 0.6 is 15.9 Å². The van der Waals surface area contributed by atoms with Crippen molar-refractivity contribution < 1.29 is 4.74 Å². The normalized spacial score (nSPS) is 9.94. The second-order valence-corrected chi connectivity index (χ2v) is 4.01. The van der Waals surface area contributed by atoms with Crippen molar-refractivity contribution in [3.05, 3.63) is 41.0 Å². The number of rotatable bonds is 3. The molecule has 0 radical (unpaired) electrons. The molecule has 0 aliphatic heterocycles. The molecule has 2 heterocycles. The summed E-state index contributed by atoms with van der Waals surface area (Å²) in [6.07, 6.45) is 5.99. The number of hydrogen-bond acceptors (Lipinski definition) is 5. The molecule has 2 rings (SSSR count). The van der Waals surface area contributed by atoms with Gasteiger partial charge in [0, 0.05) is 10.7 Å². The highest BCUT2D eigenvalue weighted by Crippen LogP contribution is 2.20. The maximum atomic E-state index is 7.17.